The highest BCUT2D eigenvalue weighted by Gasteiger charge is 2.21. The number of carboxylic acids is 1. The maximum Gasteiger partial charge on any atom is 0.335 e. The van der Waals surface area contributed by atoms with Crippen LogP contribution in [0.15, 0.2) is 24.3 Å². The summed E-state index contributed by atoms with van der Waals surface area (Å²) in [5.74, 6) is -1.04. The van der Waals surface area contributed by atoms with Gasteiger partial charge in [0.05, 0.1) is 10.8 Å². The van der Waals surface area contributed by atoms with Gasteiger partial charge >= 0.3 is 12.0 Å². The van der Waals surface area contributed by atoms with E-state index < -0.39 is 27.3 Å². The number of carbonyl (C=O) groups is 2. The zero-order chi connectivity index (χ0) is 16.8. The van der Waals surface area contributed by atoms with E-state index in [1.807, 2.05) is 4.72 Å². The molecule has 0 fully saturated rings. The van der Waals surface area contributed by atoms with Gasteiger partial charge < -0.3 is 10.4 Å². The van der Waals surface area contributed by atoms with Gasteiger partial charge in [0.25, 0.3) is 0 Å². The molecule has 8 heteroatoms. The van der Waals surface area contributed by atoms with Crippen molar-refractivity contribution in [2.45, 2.75) is 31.9 Å². The molecule has 0 heterocycles. The van der Waals surface area contributed by atoms with Crippen molar-refractivity contribution >= 4 is 22.0 Å². The lowest BCUT2D eigenvalue weighted by Gasteiger charge is -2.13. The van der Waals surface area contributed by atoms with Gasteiger partial charge in [0.1, 0.15) is 0 Å². The molecule has 1 rings (SSSR count). The van der Waals surface area contributed by atoms with Crippen LogP contribution < -0.4 is 10.0 Å². The summed E-state index contributed by atoms with van der Waals surface area (Å²) < 4.78 is 25.3. The molecule has 0 saturated carbocycles. The minimum Gasteiger partial charge on any atom is -0.478 e. The van der Waals surface area contributed by atoms with Crippen LogP contribution in [0.3, 0.4) is 0 Å². The summed E-state index contributed by atoms with van der Waals surface area (Å²) in [5, 5.41) is 10.8. The topological polar surface area (TPSA) is 113 Å². The Morgan fingerprint density at radius 3 is 2.50 bits per heavy atom. The van der Waals surface area contributed by atoms with Crippen molar-refractivity contribution < 1.29 is 23.1 Å². The maximum atomic E-state index is 11.7. The Morgan fingerprint density at radius 2 is 1.91 bits per heavy atom. The first kappa shape index (κ1) is 18.0. The first-order chi connectivity index (χ1) is 10.3. The largest absolute Gasteiger partial charge is 0.478 e. The first-order valence-corrected chi connectivity index (χ1v) is 8.43. The fraction of sp³-hybridized carbons (Fsp3) is 0.429. The van der Waals surface area contributed by atoms with Gasteiger partial charge in [-0.2, -0.15) is 0 Å². The Balaban J connectivity index is 2.55. The van der Waals surface area contributed by atoms with Gasteiger partial charge in [-0.3, -0.25) is 0 Å². The molecule has 0 saturated heterocycles. The first-order valence-electron chi connectivity index (χ1n) is 6.88. The second kappa shape index (κ2) is 7.79. The lowest BCUT2D eigenvalue weighted by molar-refractivity contribution is 0.0695. The zero-order valence-corrected chi connectivity index (χ0v) is 13.3. The summed E-state index contributed by atoms with van der Waals surface area (Å²) in [5.41, 5.74) is 0.733. The molecular weight excluding hydrogens is 308 g/mol. The summed E-state index contributed by atoms with van der Waals surface area (Å²) in [6, 6.07) is 5.64. The van der Waals surface area contributed by atoms with Gasteiger partial charge in [-0.15, -0.1) is 0 Å². The van der Waals surface area contributed by atoms with Crippen molar-refractivity contribution in [3.63, 3.8) is 0 Å². The van der Waals surface area contributed by atoms with Crippen LogP contribution in [-0.4, -0.2) is 37.3 Å². The highest BCUT2D eigenvalue weighted by molar-refractivity contribution is 7.90. The van der Waals surface area contributed by atoms with E-state index in [4.69, 9.17) is 5.11 Å². The summed E-state index contributed by atoms with van der Waals surface area (Å²) >= 11 is 0. The van der Waals surface area contributed by atoms with Crippen molar-refractivity contribution in [1.29, 1.82) is 0 Å². The molecule has 0 aliphatic carbocycles. The second-order valence-electron chi connectivity index (χ2n) is 4.83. The summed E-state index contributed by atoms with van der Waals surface area (Å²) in [6.07, 6.45) is 0.688. The molecule has 122 valence electrons. The second-order valence-corrected chi connectivity index (χ2v) is 6.93. The quantitative estimate of drug-likeness (QED) is 0.699. The highest BCUT2D eigenvalue weighted by atomic mass is 32.2. The van der Waals surface area contributed by atoms with Crippen molar-refractivity contribution in [3.8, 4) is 0 Å². The Bertz CT molecular complexity index is 642. The number of nitrogens with one attached hydrogen (secondary N) is 2. The summed E-state index contributed by atoms with van der Waals surface area (Å²) in [4.78, 5) is 22.6. The van der Waals surface area contributed by atoms with Crippen LogP contribution in [0.2, 0.25) is 0 Å². The fourth-order valence-electron chi connectivity index (χ4n) is 1.74. The Hall–Kier alpha value is -2.09. The Labute approximate surface area is 129 Å². The molecule has 7 nitrogen and oxygen atoms in total. The number of sulfonamides is 1. The number of hydrogen-bond acceptors (Lipinski definition) is 4. The smallest absolute Gasteiger partial charge is 0.335 e. The average molecular weight is 328 g/mol. The molecule has 2 amide bonds. The fourth-order valence-corrected chi connectivity index (χ4v) is 2.71. The number of aromatic carboxylic acids is 1. The molecule has 1 atom stereocenters. The molecule has 22 heavy (non-hydrogen) atoms. The van der Waals surface area contributed by atoms with E-state index >= 15 is 0 Å². The predicted octanol–water partition coefficient (Wildman–Crippen LogP) is 1.35. The lowest BCUT2D eigenvalue weighted by atomic mass is 10.0. The van der Waals surface area contributed by atoms with E-state index in [0.717, 1.165) is 0 Å². The van der Waals surface area contributed by atoms with Crippen molar-refractivity contribution in [2.24, 2.45) is 0 Å². The van der Waals surface area contributed by atoms with Crippen LogP contribution in [0.5, 0.6) is 0 Å². The van der Waals surface area contributed by atoms with E-state index in [1.54, 1.807) is 25.1 Å². The van der Waals surface area contributed by atoms with Gasteiger partial charge in [-0.05, 0) is 31.4 Å². The third-order valence-electron chi connectivity index (χ3n) is 3.27. The van der Waals surface area contributed by atoms with Gasteiger partial charge in [0.2, 0.25) is 10.0 Å². The van der Waals surface area contributed by atoms with Gasteiger partial charge in [0.15, 0.2) is 0 Å². The summed E-state index contributed by atoms with van der Waals surface area (Å²) in [7, 11) is -3.68. The molecule has 0 aromatic heterocycles. The van der Waals surface area contributed by atoms with Crippen LogP contribution in [0.4, 0.5) is 4.79 Å². The van der Waals surface area contributed by atoms with Crippen molar-refractivity contribution in [2.75, 3.05) is 6.54 Å². The number of urea groups is 1. The number of amides is 2. The van der Waals surface area contributed by atoms with E-state index in [9.17, 15) is 18.0 Å². The molecule has 3 N–H and O–H groups in total. The van der Waals surface area contributed by atoms with E-state index in [2.05, 4.69) is 5.32 Å². The van der Waals surface area contributed by atoms with Crippen molar-refractivity contribution in [3.05, 3.63) is 35.4 Å². The van der Waals surface area contributed by atoms with Gasteiger partial charge in [-0.25, -0.2) is 22.7 Å². The summed E-state index contributed by atoms with van der Waals surface area (Å²) in [6.45, 7) is 3.36. The number of hydrogen-bond donors (Lipinski definition) is 3. The van der Waals surface area contributed by atoms with Crippen LogP contribution in [-0.2, 0) is 16.4 Å². The molecule has 1 unspecified atom stereocenters. The number of carbonyl (C=O) groups excluding carboxylic acids is 1. The van der Waals surface area contributed by atoms with Crippen LogP contribution in [0, 0.1) is 0 Å². The van der Waals surface area contributed by atoms with Crippen molar-refractivity contribution in [1.82, 2.24) is 10.0 Å². The third kappa shape index (κ3) is 5.03. The molecule has 1 aromatic rings. The number of carboxylic acid groups (broad SMARTS) is 1. The minimum atomic E-state index is -3.68. The zero-order valence-electron chi connectivity index (χ0n) is 12.5. The molecule has 0 aliphatic rings. The third-order valence-corrected chi connectivity index (χ3v) is 5.13. The van der Waals surface area contributed by atoms with Crippen LogP contribution >= 0.6 is 0 Å². The maximum absolute atomic E-state index is 11.7. The highest BCUT2D eigenvalue weighted by Crippen LogP contribution is 2.09. The molecule has 0 bridgehead atoms. The van der Waals surface area contributed by atoms with Crippen LogP contribution in [0.25, 0.3) is 0 Å². The lowest BCUT2D eigenvalue weighted by Crippen LogP contribution is -2.43. The number of benzene rings is 1. The predicted molar refractivity (Wildman–Crippen MR) is 82.3 cm³/mol. The monoisotopic (exact) mass is 328 g/mol. The van der Waals surface area contributed by atoms with E-state index in [0.29, 0.717) is 18.4 Å². The van der Waals surface area contributed by atoms with Gasteiger partial charge in [0, 0.05) is 6.54 Å². The Kier molecular flexibility index (Phi) is 6.36. The molecular formula is C14H20N2O5S. The Morgan fingerprint density at radius 1 is 1.27 bits per heavy atom. The minimum absolute atomic E-state index is 0.131. The standard InChI is InChI=1S/C14H20N2O5S/c1-3-10(2)22(20,21)16-14(19)15-9-8-11-6-4-5-7-12(11)13(17)18/h4-7,10H,3,8-9H2,1-2H3,(H,17,18)(H2,15,16,19). The SMILES string of the molecule is CCC(C)S(=O)(=O)NC(=O)NCCc1ccccc1C(=O)O. The molecule has 1 aromatic carbocycles. The van der Waals surface area contributed by atoms with E-state index in [1.165, 1.54) is 13.0 Å². The number of rotatable bonds is 7. The molecule has 0 radical (unpaired) electrons. The average Bonchev–Trinajstić information content (AvgIpc) is 2.46. The normalized spacial score (nSPS) is 12.5. The van der Waals surface area contributed by atoms with Crippen LogP contribution in [0.1, 0.15) is 36.2 Å². The molecule has 0 aliphatic heterocycles. The van der Waals surface area contributed by atoms with Gasteiger partial charge in [-0.1, -0.05) is 25.1 Å². The molecule has 0 spiro atoms. The van der Waals surface area contributed by atoms with E-state index in [-0.39, 0.29) is 12.1 Å².